The molecule has 0 saturated carbocycles. The van der Waals surface area contributed by atoms with Gasteiger partial charge in [0, 0.05) is 20.0 Å². The molecule has 132 valence electrons. The van der Waals surface area contributed by atoms with Crippen LogP contribution in [0.15, 0.2) is 0 Å². The molecule has 0 fully saturated rings. The molecular weight excluding hydrogens is 276 g/mol. The smallest absolute Gasteiger partial charge is 0.219 e. The molecule has 22 heavy (non-hydrogen) atoms. The molecule has 0 saturated heterocycles. The molecule has 0 unspecified atom stereocenters. The van der Waals surface area contributed by atoms with Crippen LogP contribution in [-0.4, -0.2) is 50.1 Å². The van der Waals surface area contributed by atoms with Gasteiger partial charge in [-0.05, 0) is 64.7 Å². The molecule has 0 aliphatic heterocycles. The molecule has 0 aliphatic rings. The predicted molar refractivity (Wildman–Crippen MR) is 94.8 cm³/mol. The summed E-state index contributed by atoms with van der Waals surface area (Å²) < 4.78 is 0. The Balaban J connectivity index is 3.42. The van der Waals surface area contributed by atoms with Crippen LogP contribution in [0.4, 0.5) is 0 Å². The van der Waals surface area contributed by atoms with E-state index in [0.717, 1.165) is 71.4 Å². The minimum absolute atomic E-state index is 0.200. The summed E-state index contributed by atoms with van der Waals surface area (Å²) in [5.74, 6) is 0.200. The Kier molecular flexibility index (Phi) is 16.2. The Morgan fingerprint density at radius 3 is 1.68 bits per heavy atom. The summed E-state index contributed by atoms with van der Waals surface area (Å²) in [6.45, 7) is 7.19. The number of carbonyl (C=O) groups excluding carboxylic acids is 1. The number of unbranched alkanes of at least 4 members (excludes halogenated alkanes) is 6. The lowest BCUT2D eigenvalue weighted by Gasteiger charge is -2.21. The highest BCUT2D eigenvalue weighted by Crippen LogP contribution is 2.03. The number of nitrogens with two attached hydrogens (primary N) is 2. The Labute approximate surface area is 137 Å². The molecule has 0 heterocycles. The van der Waals surface area contributed by atoms with Gasteiger partial charge in [-0.15, -0.1) is 0 Å². The lowest BCUT2D eigenvalue weighted by atomic mass is 10.2. The fourth-order valence-corrected chi connectivity index (χ4v) is 2.48. The van der Waals surface area contributed by atoms with Crippen molar-refractivity contribution in [3.63, 3.8) is 0 Å². The lowest BCUT2D eigenvalue weighted by molar-refractivity contribution is -0.129. The Hall–Kier alpha value is -0.650. The molecule has 1 amide bonds. The fourth-order valence-electron chi connectivity index (χ4n) is 2.48. The Morgan fingerprint density at radius 1 is 0.773 bits per heavy atom. The molecule has 0 spiro atoms. The topological polar surface area (TPSA) is 84.4 Å². The molecular formula is C17H38N4O. The molecule has 0 atom stereocenters. The highest BCUT2D eigenvalue weighted by molar-refractivity contribution is 5.73. The number of hydrogen-bond acceptors (Lipinski definition) is 4. The number of amides is 1. The number of nitrogens with zero attached hydrogens (tertiary/aromatic N) is 1. The first kappa shape index (κ1) is 21.4. The average molecular weight is 315 g/mol. The lowest BCUT2D eigenvalue weighted by Crippen LogP contribution is -2.31. The minimum Gasteiger partial charge on any atom is -0.343 e. The van der Waals surface area contributed by atoms with Gasteiger partial charge < -0.3 is 21.7 Å². The largest absolute Gasteiger partial charge is 0.343 e. The van der Waals surface area contributed by atoms with E-state index in [-0.39, 0.29) is 5.91 Å². The van der Waals surface area contributed by atoms with Gasteiger partial charge in [-0.1, -0.05) is 19.3 Å². The molecule has 0 aromatic carbocycles. The van der Waals surface area contributed by atoms with Crippen molar-refractivity contribution in [1.82, 2.24) is 10.2 Å². The van der Waals surface area contributed by atoms with Crippen molar-refractivity contribution in [3.8, 4) is 0 Å². The van der Waals surface area contributed by atoms with Crippen LogP contribution < -0.4 is 16.8 Å². The predicted octanol–water partition coefficient (Wildman–Crippen LogP) is 1.85. The highest BCUT2D eigenvalue weighted by atomic mass is 16.2. The van der Waals surface area contributed by atoms with Crippen LogP contribution in [0.3, 0.4) is 0 Å². The van der Waals surface area contributed by atoms with Crippen molar-refractivity contribution in [2.24, 2.45) is 11.5 Å². The first-order valence-corrected chi connectivity index (χ1v) is 9.08. The summed E-state index contributed by atoms with van der Waals surface area (Å²) in [6.07, 6.45) is 10.3. The van der Waals surface area contributed by atoms with E-state index in [4.69, 9.17) is 11.5 Å². The Bertz CT molecular complexity index is 249. The monoisotopic (exact) mass is 314 g/mol. The second-order valence-corrected chi connectivity index (χ2v) is 6.02. The van der Waals surface area contributed by atoms with Crippen LogP contribution in [0, 0.1) is 0 Å². The third-order valence-corrected chi connectivity index (χ3v) is 3.92. The Morgan fingerprint density at radius 2 is 1.23 bits per heavy atom. The van der Waals surface area contributed by atoms with Gasteiger partial charge in [0.2, 0.25) is 5.91 Å². The van der Waals surface area contributed by atoms with Crippen molar-refractivity contribution < 1.29 is 4.79 Å². The van der Waals surface area contributed by atoms with E-state index >= 15 is 0 Å². The van der Waals surface area contributed by atoms with Crippen LogP contribution >= 0.6 is 0 Å². The van der Waals surface area contributed by atoms with Gasteiger partial charge in [0.15, 0.2) is 0 Å². The maximum atomic E-state index is 11.6. The quantitative estimate of drug-likeness (QED) is 0.380. The zero-order chi connectivity index (χ0) is 16.5. The van der Waals surface area contributed by atoms with E-state index in [9.17, 15) is 4.79 Å². The number of rotatable bonds is 16. The molecule has 0 radical (unpaired) electrons. The van der Waals surface area contributed by atoms with E-state index in [1.54, 1.807) is 6.92 Å². The van der Waals surface area contributed by atoms with Gasteiger partial charge in [-0.25, -0.2) is 0 Å². The normalized spacial score (nSPS) is 10.9. The summed E-state index contributed by atoms with van der Waals surface area (Å²) in [6, 6.07) is 0. The second kappa shape index (κ2) is 16.7. The maximum Gasteiger partial charge on any atom is 0.219 e. The van der Waals surface area contributed by atoms with E-state index in [1.807, 2.05) is 4.90 Å². The van der Waals surface area contributed by atoms with E-state index in [2.05, 4.69) is 5.32 Å². The maximum absolute atomic E-state index is 11.6. The fraction of sp³-hybridized carbons (Fsp3) is 0.941. The molecule has 0 bridgehead atoms. The van der Waals surface area contributed by atoms with Crippen LogP contribution in [0.5, 0.6) is 0 Å². The zero-order valence-electron chi connectivity index (χ0n) is 14.6. The summed E-state index contributed by atoms with van der Waals surface area (Å²) >= 11 is 0. The number of carbonyl (C=O) groups is 1. The van der Waals surface area contributed by atoms with Crippen LogP contribution in [0.2, 0.25) is 0 Å². The summed E-state index contributed by atoms with van der Waals surface area (Å²) in [5, 5.41) is 3.47. The van der Waals surface area contributed by atoms with Crippen molar-refractivity contribution in [3.05, 3.63) is 0 Å². The summed E-state index contributed by atoms with van der Waals surface area (Å²) in [4.78, 5) is 13.6. The van der Waals surface area contributed by atoms with Crippen LogP contribution in [0.1, 0.15) is 64.7 Å². The van der Waals surface area contributed by atoms with E-state index in [0.29, 0.717) is 0 Å². The molecule has 0 rings (SSSR count). The molecule has 5 nitrogen and oxygen atoms in total. The molecule has 0 aliphatic carbocycles. The minimum atomic E-state index is 0.200. The first-order chi connectivity index (χ1) is 10.7. The van der Waals surface area contributed by atoms with E-state index in [1.165, 1.54) is 25.7 Å². The zero-order valence-corrected chi connectivity index (χ0v) is 14.6. The molecule has 0 aromatic heterocycles. The number of nitrogens with one attached hydrogen (secondary N) is 1. The standard InChI is InChI=1S/C17H38N4O/c1-17(22)21(15-9-3-6-12-19)16-10-4-8-14-20-13-7-2-5-11-18/h20H,2-16,18-19H2,1H3. The molecule has 5 heteroatoms. The van der Waals surface area contributed by atoms with Gasteiger partial charge in [0.05, 0.1) is 0 Å². The van der Waals surface area contributed by atoms with Crippen LogP contribution in [0.25, 0.3) is 0 Å². The molecule has 5 N–H and O–H groups in total. The third-order valence-electron chi connectivity index (χ3n) is 3.92. The number of hydrogen-bond donors (Lipinski definition) is 3. The van der Waals surface area contributed by atoms with Crippen molar-refractivity contribution in [1.29, 1.82) is 0 Å². The second-order valence-electron chi connectivity index (χ2n) is 6.02. The van der Waals surface area contributed by atoms with Gasteiger partial charge >= 0.3 is 0 Å². The average Bonchev–Trinajstić information content (AvgIpc) is 2.50. The van der Waals surface area contributed by atoms with Crippen molar-refractivity contribution in [2.75, 3.05) is 39.3 Å². The summed E-state index contributed by atoms with van der Waals surface area (Å²) in [7, 11) is 0. The van der Waals surface area contributed by atoms with Gasteiger partial charge in [0.1, 0.15) is 0 Å². The van der Waals surface area contributed by atoms with Gasteiger partial charge in [0.25, 0.3) is 0 Å². The van der Waals surface area contributed by atoms with Gasteiger partial charge in [-0.3, -0.25) is 4.79 Å². The van der Waals surface area contributed by atoms with Gasteiger partial charge in [-0.2, -0.15) is 0 Å². The van der Waals surface area contributed by atoms with Crippen molar-refractivity contribution in [2.45, 2.75) is 64.7 Å². The van der Waals surface area contributed by atoms with Crippen LogP contribution in [-0.2, 0) is 4.79 Å². The first-order valence-electron chi connectivity index (χ1n) is 9.08. The highest BCUT2D eigenvalue weighted by Gasteiger charge is 2.07. The SMILES string of the molecule is CC(=O)N(CCCCCN)CCCCCNCCCCCN. The molecule has 0 aromatic rings. The van der Waals surface area contributed by atoms with Crippen molar-refractivity contribution >= 4 is 5.91 Å². The third kappa shape index (κ3) is 14.3. The summed E-state index contributed by atoms with van der Waals surface area (Å²) in [5.41, 5.74) is 10.9. The van der Waals surface area contributed by atoms with E-state index < -0.39 is 0 Å².